The van der Waals surface area contributed by atoms with Crippen LogP contribution < -0.4 is 5.32 Å². The minimum atomic E-state index is -0.601. The fraction of sp³-hybridized carbons (Fsp3) is 0.500. The molecule has 1 aromatic carbocycles. The lowest BCUT2D eigenvalue weighted by molar-refractivity contribution is -0.155. The van der Waals surface area contributed by atoms with Crippen molar-refractivity contribution >= 4 is 40.8 Å². The molecule has 2 saturated heterocycles. The Kier molecular flexibility index (Phi) is 5.66. The predicted octanol–water partition coefficient (Wildman–Crippen LogP) is 2.99. The summed E-state index contributed by atoms with van der Waals surface area (Å²) in [6.45, 7) is 0. The molecule has 0 unspecified atom stereocenters. The molecule has 4 atom stereocenters. The van der Waals surface area contributed by atoms with Gasteiger partial charge in [-0.05, 0) is 50.3 Å². The number of hydrogen-bond donors (Lipinski definition) is 1. The Morgan fingerprint density at radius 1 is 1.38 bits per heavy atom. The molecule has 1 N–H and O–H groups in total. The number of hydrogen-bond acceptors (Lipinski definition) is 7. The van der Waals surface area contributed by atoms with E-state index >= 15 is 0 Å². The number of thiocarbonyl (C=S) groups is 1. The van der Waals surface area contributed by atoms with Gasteiger partial charge in [0.1, 0.15) is 12.0 Å². The number of esters is 1. The Labute approximate surface area is 157 Å². The first-order chi connectivity index (χ1) is 12.5. The Hall–Kier alpha value is -2.28. The van der Waals surface area contributed by atoms with Crippen molar-refractivity contribution in [1.29, 1.82) is 0 Å². The van der Waals surface area contributed by atoms with E-state index in [9.17, 15) is 9.59 Å². The van der Waals surface area contributed by atoms with E-state index in [4.69, 9.17) is 9.47 Å². The van der Waals surface area contributed by atoms with Crippen LogP contribution in [0.2, 0.25) is 0 Å². The third kappa shape index (κ3) is 3.77. The Balaban J connectivity index is 1.70. The molecule has 0 spiro atoms. The van der Waals surface area contributed by atoms with Crippen LogP contribution in [0.1, 0.15) is 19.3 Å². The molecule has 2 aliphatic heterocycles. The first-order valence-electron chi connectivity index (χ1n) is 8.49. The first-order valence-corrected chi connectivity index (χ1v) is 8.89. The molecule has 2 aliphatic rings. The molecule has 2 bridgehead atoms. The first kappa shape index (κ1) is 18.5. The zero-order chi connectivity index (χ0) is 18.7. The smallest absolute Gasteiger partial charge is 0.411 e. The van der Waals surface area contributed by atoms with Crippen LogP contribution in [0.5, 0.6) is 0 Å². The zero-order valence-corrected chi connectivity index (χ0v) is 15.5. The van der Waals surface area contributed by atoms with E-state index in [-0.39, 0.29) is 12.0 Å². The van der Waals surface area contributed by atoms with Gasteiger partial charge in [0, 0.05) is 24.2 Å². The molecule has 26 heavy (non-hydrogen) atoms. The van der Waals surface area contributed by atoms with E-state index in [1.165, 1.54) is 7.11 Å². The number of aliphatic imine (C=N–C) groups is 1. The van der Waals surface area contributed by atoms with Gasteiger partial charge in [-0.1, -0.05) is 6.07 Å². The number of carbonyl (C=O) groups is 2. The SMILES string of the molecule is COC(=O)[C@@H]1[C@H]2CC[C@@H](C[C@H]1OC(=O)Nc1cccc(N=C=S)c1)N2C. The van der Waals surface area contributed by atoms with Crippen LogP contribution >= 0.6 is 12.2 Å². The predicted molar refractivity (Wildman–Crippen MR) is 99.7 cm³/mol. The number of ether oxygens (including phenoxy) is 2. The lowest BCUT2D eigenvalue weighted by Crippen LogP contribution is -2.53. The average Bonchev–Trinajstić information content (AvgIpc) is 2.85. The van der Waals surface area contributed by atoms with Crippen LogP contribution in [0.25, 0.3) is 0 Å². The Morgan fingerprint density at radius 2 is 2.19 bits per heavy atom. The molecule has 0 aliphatic carbocycles. The van der Waals surface area contributed by atoms with Crippen molar-refractivity contribution in [3.8, 4) is 0 Å². The maximum atomic E-state index is 12.4. The lowest BCUT2D eigenvalue weighted by Gasteiger charge is -2.40. The van der Waals surface area contributed by atoms with Gasteiger partial charge in [-0.3, -0.25) is 15.0 Å². The van der Waals surface area contributed by atoms with Crippen LogP contribution in [-0.2, 0) is 14.3 Å². The molecule has 0 radical (unpaired) electrons. The summed E-state index contributed by atoms with van der Waals surface area (Å²) < 4.78 is 10.6. The van der Waals surface area contributed by atoms with Crippen molar-refractivity contribution in [3.63, 3.8) is 0 Å². The molecule has 2 heterocycles. The van der Waals surface area contributed by atoms with E-state index in [1.807, 2.05) is 7.05 Å². The van der Waals surface area contributed by atoms with E-state index in [2.05, 4.69) is 32.6 Å². The molecule has 8 heteroatoms. The highest BCUT2D eigenvalue weighted by atomic mass is 32.1. The van der Waals surface area contributed by atoms with Gasteiger partial charge in [-0.2, -0.15) is 4.99 Å². The maximum absolute atomic E-state index is 12.4. The molecule has 138 valence electrons. The van der Waals surface area contributed by atoms with E-state index in [0.29, 0.717) is 23.8 Å². The second-order valence-electron chi connectivity index (χ2n) is 6.57. The number of methoxy groups -OCH3 is 1. The summed E-state index contributed by atoms with van der Waals surface area (Å²) in [6, 6.07) is 7.24. The Morgan fingerprint density at radius 3 is 2.92 bits per heavy atom. The largest absolute Gasteiger partial charge is 0.469 e. The highest BCUT2D eigenvalue weighted by Crippen LogP contribution is 2.40. The van der Waals surface area contributed by atoms with Gasteiger partial charge in [-0.25, -0.2) is 4.79 Å². The molecule has 7 nitrogen and oxygen atoms in total. The molecule has 1 amide bonds. The number of anilines is 1. The number of carbonyl (C=O) groups excluding carboxylic acids is 2. The van der Waals surface area contributed by atoms with Crippen LogP contribution in [0.4, 0.5) is 16.2 Å². The summed E-state index contributed by atoms with van der Waals surface area (Å²) in [5, 5.41) is 4.96. The van der Waals surface area contributed by atoms with Crippen LogP contribution in [0.3, 0.4) is 0 Å². The fourth-order valence-electron chi connectivity index (χ4n) is 3.98. The number of rotatable bonds is 4. The number of isothiocyanates is 1. The molecular weight excluding hydrogens is 354 g/mol. The van der Waals surface area contributed by atoms with Crippen molar-refractivity contribution in [2.75, 3.05) is 19.5 Å². The fourth-order valence-corrected chi connectivity index (χ4v) is 4.08. The summed E-state index contributed by atoms with van der Waals surface area (Å²) >= 11 is 4.58. The molecule has 1 aromatic rings. The molecule has 3 rings (SSSR count). The van der Waals surface area contributed by atoms with Gasteiger partial charge >= 0.3 is 12.1 Å². The van der Waals surface area contributed by atoms with Crippen LogP contribution in [0.15, 0.2) is 29.3 Å². The minimum Gasteiger partial charge on any atom is -0.469 e. The van der Waals surface area contributed by atoms with Crippen molar-refractivity contribution in [2.24, 2.45) is 10.9 Å². The topological polar surface area (TPSA) is 80.2 Å². The van der Waals surface area contributed by atoms with E-state index < -0.39 is 18.1 Å². The van der Waals surface area contributed by atoms with Gasteiger partial charge in [0.15, 0.2) is 0 Å². The monoisotopic (exact) mass is 375 g/mol. The van der Waals surface area contributed by atoms with E-state index in [0.717, 1.165) is 12.8 Å². The Bertz CT molecular complexity index is 750. The zero-order valence-electron chi connectivity index (χ0n) is 14.7. The lowest BCUT2D eigenvalue weighted by atomic mass is 9.87. The summed E-state index contributed by atoms with van der Waals surface area (Å²) in [4.78, 5) is 30.7. The van der Waals surface area contributed by atoms with Crippen molar-refractivity contribution < 1.29 is 19.1 Å². The molecule has 0 aromatic heterocycles. The van der Waals surface area contributed by atoms with Crippen molar-refractivity contribution in [2.45, 2.75) is 37.5 Å². The van der Waals surface area contributed by atoms with Gasteiger partial charge in [0.2, 0.25) is 0 Å². The van der Waals surface area contributed by atoms with Crippen LogP contribution in [0, 0.1) is 5.92 Å². The highest BCUT2D eigenvalue weighted by Gasteiger charge is 2.50. The quantitative estimate of drug-likeness (QED) is 0.495. The third-order valence-electron chi connectivity index (χ3n) is 5.21. The number of piperidine rings is 1. The number of amides is 1. The molecule has 2 fully saturated rings. The summed E-state index contributed by atoms with van der Waals surface area (Å²) in [7, 11) is 3.37. The van der Waals surface area contributed by atoms with Crippen molar-refractivity contribution in [1.82, 2.24) is 4.90 Å². The molecular formula is C18H21N3O4S. The number of nitrogens with zero attached hydrogens (tertiary/aromatic N) is 2. The number of benzene rings is 1. The molecule has 0 saturated carbocycles. The van der Waals surface area contributed by atoms with Crippen LogP contribution in [-0.4, -0.2) is 54.5 Å². The second kappa shape index (κ2) is 7.95. The summed E-state index contributed by atoms with van der Waals surface area (Å²) in [5.74, 6) is -0.808. The second-order valence-corrected chi connectivity index (χ2v) is 6.75. The number of fused-ring (bicyclic) bond motifs is 2. The standard InChI is InChI=1S/C18H21N3O4S/c1-21-13-6-7-14(21)16(17(22)24-2)15(9-13)25-18(23)20-12-5-3-4-11(8-12)19-10-26/h3-5,8,13-16H,6-7,9H2,1-2H3,(H,20,23)/t13-,14+,15+,16+/m0/s1. The summed E-state index contributed by atoms with van der Waals surface area (Å²) in [6.07, 6.45) is 1.41. The summed E-state index contributed by atoms with van der Waals surface area (Å²) in [5.41, 5.74) is 1.12. The van der Waals surface area contributed by atoms with Gasteiger partial charge in [-0.15, -0.1) is 0 Å². The van der Waals surface area contributed by atoms with Gasteiger partial charge < -0.3 is 9.47 Å². The maximum Gasteiger partial charge on any atom is 0.411 e. The minimum absolute atomic E-state index is 0.0410. The number of nitrogens with one attached hydrogen (secondary N) is 1. The average molecular weight is 375 g/mol. The van der Waals surface area contributed by atoms with Gasteiger partial charge in [0.05, 0.1) is 18.0 Å². The van der Waals surface area contributed by atoms with Gasteiger partial charge in [0.25, 0.3) is 0 Å². The third-order valence-corrected chi connectivity index (χ3v) is 5.30. The highest BCUT2D eigenvalue weighted by molar-refractivity contribution is 7.78. The van der Waals surface area contributed by atoms with E-state index in [1.54, 1.807) is 24.3 Å². The van der Waals surface area contributed by atoms with Crippen molar-refractivity contribution in [3.05, 3.63) is 24.3 Å². The normalized spacial score (nSPS) is 27.3.